The Labute approximate surface area is 205 Å². The minimum Gasteiger partial charge on any atom is -0.490 e. The molecule has 0 radical (unpaired) electrons. The minimum absolute atomic E-state index is 0.0409. The third-order valence-electron chi connectivity index (χ3n) is 6.95. The van der Waals surface area contributed by atoms with E-state index in [1.54, 1.807) is 17.9 Å². The molecule has 10 heteroatoms. The molecule has 3 aliphatic rings. The lowest BCUT2D eigenvalue weighted by Gasteiger charge is -2.43. The zero-order valence-corrected chi connectivity index (χ0v) is 20.4. The predicted octanol–water partition coefficient (Wildman–Crippen LogP) is 4.61. The molecule has 8 nitrogen and oxygen atoms in total. The Morgan fingerprint density at radius 3 is 2.44 bits per heavy atom. The van der Waals surface area contributed by atoms with E-state index in [1.807, 2.05) is 29.2 Å². The molecule has 0 unspecified atom stereocenters. The van der Waals surface area contributed by atoms with Gasteiger partial charge in [-0.05, 0) is 74.3 Å². The summed E-state index contributed by atoms with van der Waals surface area (Å²) in [6.07, 6.45) is 5.11. The van der Waals surface area contributed by atoms with E-state index < -0.39 is 16.1 Å². The number of ether oxygens (including phenoxy) is 1. The first-order valence-corrected chi connectivity index (χ1v) is 13.6. The molecule has 1 amide bonds. The molecule has 5 rings (SSSR count). The summed E-state index contributed by atoms with van der Waals surface area (Å²) in [4.78, 5) is 21.3. The molecule has 34 heavy (non-hydrogen) atoms. The Kier molecular flexibility index (Phi) is 5.76. The fourth-order valence-electron chi connectivity index (χ4n) is 4.88. The molecule has 2 saturated heterocycles. The summed E-state index contributed by atoms with van der Waals surface area (Å²) in [5.74, 6) is 1.40. The van der Waals surface area contributed by atoms with E-state index in [4.69, 9.17) is 17.0 Å². The maximum Gasteiger partial charge on any atom is 0.259 e. The van der Waals surface area contributed by atoms with E-state index in [0.29, 0.717) is 52.2 Å². The topological polar surface area (TPSA) is 110 Å². The Balaban J connectivity index is 1.38. The smallest absolute Gasteiger partial charge is 0.259 e. The molecule has 1 spiro atoms. The number of aryl methyl sites for hydroxylation is 1. The van der Waals surface area contributed by atoms with Crippen LogP contribution in [0.2, 0.25) is 0 Å². The van der Waals surface area contributed by atoms with Crippen LogP contribution < -0.4 is 14.5 Å². The molecule has 1 aromatic carbocycles. The summed E-state index contributed by atoms with van der Waals surface area (Å²) in [7, 11) is -2.44. The number of thiocarbonyl (C=S) groups is 1. The van der Waals surface area contributed by atoms with Crippen LogP contribution >= 0.6 is 22.8 Å². The Morgan fingerprint density at radius 1 is 1.21 bits per heavy atom. The monoisotopic (exact) mass is 498 g/mol. The molecule has 1 saturated carbocycles. The van der Waals surface area contributed by atoms with Crippen molar-refractivity contribution in [3.05, 3.63) is 47.8 Å². The average Bonchev–Trinajstić information content (AvgIpc) is 3.02. The zero-order chi connectivity index (χ0) is 24.1. The number of benzene rings is 1. The molecule has 2 N–H and O–H groups in total. The van der Waals surface area contributed by atoms with Gasteiger partial charge in [0.25, 0.3) is 5.91 Å². The average molecular weight is 499 g/mol. The van der Waals surface area contributed by atoms with E-state index in [-0.39, 0.29) is 12.0 Å². The maximum absolute atomic E-state index is 13.6. The van der Waals surface area contributed by atoms with Crippen LogP contribution in [0.4, 0.5) is 11.4 Å². The van der Waals surface area contributed by atoms with Crippen molar-refractivity contribution >= 4 is 45.2 Å². The normalized spacial score (nSPS) is 22.4. The summed E-state index contributed by atoms with van der Waals surface area (Å²) in [6.45, 7) is 1.79. The van der Waals surface area contributed by atoms with Crippen LogP contribution in [0.5, 0.6) is 5.75 Å². The van der Waals surface area contributed by atoms with Gasteiger partial charge in [-0.25, -0.2) is 4.98 Å². The molecule has 0 bridgehead atoms. The predicted molar refractivity (Wildman–Crippen MR) is 136 cm³/mol. The van der Waals surface area contributed by atoms with E-state index in [1.165, 1.54) is 6.20 Å². The van der Waals surface area contributed by atoms with Gasteiger partial charge >= 0.3 is 0 Å². The molecule has 1 aliphatic carbocycles. The summed E-state index contributed by atoms with van der Waals surface area (Å²) in [6, 6.07) is 11.4. The Morgan fingerprint density at radius 2 is 1.88 bits per heavy atom. The summed E-state index contributed by atoms with van der Waals surface area (Å²) < 4.78 is 25.7. The molecule has 3 fully saturated rings. The van der Waals surface area contributed by atoms with Crippen molar-refractivity contribution in [1.82, 2.24) is 4.98 Å². The number of amides is 1. The van der Waals surface area contributed by atoms with Crippen molar-refractivity contribution < 1.29 is 18.6 Å². The second-order valence-electron chi connectivity index (χ2n) is 9.14. The first-order chi connectivity index (χ1) is 16.2. The molecule has 2 aromatic rings. The van der Waals surface area contributed by atoms with Crippen molar-refractivity contribution in [3.8, 4) is 11.8 Å². The van der Waals surface area contributed by atoms with Crippen molar-refractivity contribution in [2.75, 3.05) is 21.3 Å². The van der Waals surface area contributed by atoms with Crippen molar-refractivity contribution in [3.63, 3.8) is 0 Å². The molecule has 3 heterocycles. The van der Waals surface area contributed by atoms with Gasteiger partial charge < -0.3 is 9.64 Å². The highest BCUT2D eigenvalue weighted by Crippen LogP contribution is 2.48. The molecular weight excluding hydrogens is 472 g/mol. The molecular formula is C24H26N4O4S2. The van der Waals surface area contributed by atoms with E-state index in [2.05, 4.69) is 11.1 Å². The van der Waals surface area contributed by atoms with Gasteiger partial charge in [0.15, 0.2) is 5.11 Å². The van der Waals surface area contributed by atoms with Gasteiger partial charge in [-0.1, -0.05) is 0 Å². The Bertz CT molecular complexity index is 1180. The molecule has 1 aromatic heterocycles. The van der Waals surface area contributed by atoms with Crippen LogP contribution in [0.1, 0.15) is 43.4 Å². The molecule has 2 aliphatic heterocycles. The standard InChI is InChI=1S/C24H26N4O4S2/c1-16-13-18(15-26-21(16)14-25)27-22(29)24(9-2-10-24)28(23(27)33)17-3-5-19(6-4-17)32-20-7-11-34(30,31)12-8-20/h3-6,13,15,20,30-31H,2,7-12H2,1H3. The highest BCUT2D eigenvalue weighted by molar-refractivity contribution is 8.24. The lowest BCUT2D eigenvalue weighted by atomic mass is 9.75. The fraction of sp³-hybridized carbons (Fsp3) is 0.417. The number of carbonyl (C=O) groups excluding carboxylic acids is 1. The molecule has 178 valence electrons. The number of rotatable bonds is 4. The fourth-order valence-corrected chi connectivity index (χ4v) is 6.83. The second kappa shape index (κ2) is 8.50. The van der Waals surface area contributed by atoms with Gasteiger partial charge in [0.2, 0.25) is 0 Å². The zero-order valence-electron chi connectivity index (χ0n) is 18.8. The largest absolute Gasteiger partial charge is 0.490 e. The highest BCUT2D eigenvalue weighted by atomic mass is 32.3. The number of aromatic nitrogens is 1. The lowest BCUT2D eigenvalue weighted by molar-refractivity contribution is -0.123. The van der Waals surface area contributed by atoms with Crippen LogP contribution in [-0.4, -0.2) is 48.3 Å². The number of nitrogens with zero attached hydrogens (tertiary/aromatic N) is 4. The summed E-state index contributed by atoms with van der Waals surface area (Å²) >= 11 is 5.80. The second-order valence-corrected chi connectivity index (χ2v) is 11.9. The number of hydrogen-bond acceptors (Lipinski definition) is 7. The van der Waals surface area contributed by atoms with E-state index >= 15 is 0 Å². The number of nitriles is 1. The Hall–Kier alpha value is -2.71. The van der Waals surface area contributed by atoms with Crippen molar-refractivity contribution in [2.45, 2.75) is 50.7 Å². The molecule has 0 atom stereocenters. The highest BCUT2D eigenvalue weighted by Gasteiger charge is 2.59. The maximum atomic E-state index is 13.6. The number of hydrogen-bond donors (Lipinski definition) is 2. The van der Waals surface area contributed by atoms with Gasteiger partial charge in [0.1, 0.15) is 29.2 Å². The summed E-state index contributed by atoms with van der Waals surface area (Å²) in [5.41, 5.74) is 1.73. The quantitative estimate of drug-likeness (QED) is 0.588. The summed E-state index contributed by atoms with van der Waals surface area (Å²) in [5, 5.41) is 9.59. The van der Waals surface area contributed by atoms with Gasteiger partial charge in [-0.15, -0.1) is 0 Å². The van der Waals surface area contributed by atoms with Crippen LogP contribution in [0, 0.1) is 18.3 Å². The van der Waals surface area contributed by atoms with Gasteiger partial charge in [0.05, 0.1) is 11.9 Å². The third-order valence-corrected chi connectivity index (χ3v) is 9.10. The van der Waals surface area contributed by atoms with Gasteiger partial charge in [-0.3, -0.25) is 18.8 Å². The van der Waals surface area contributed by atoms with E-state index in [0.717, 1.165) is 24.9 Å². The number of anilines is 2. The number of carbonyl (C=O) groups is 1. The lowest BCUT2D eigenvalue weighted by Crippen LogP contribution is -2.55. The van der Waals surface area contributed by atoms with Gasteiger partial charge in [0, 0.05) is 30.0 Å². The van der Waals surface area contributed by atoms with Crippen LogP contribution in [0.25, 0.3) is 0 Å². The van der Waals surface area contributed by atoms with Crippen LogP contribution in [0.3, 0.4) is 0 Å². The van der Waals surface area contributed by atoms with Gasteiger partial charge in [-0.2, -0.15) is 15.9 Å². The van der Waals surface area contributed by atoms with Crippen molar-refractivity contribution in [2.24, 2.45) is 0 Å². The first kappa shape index (κ1) is 23.1. The first-order valence-electron chi connectivity index (χ1n) is 11.3. The van der Waals surface area contributed by atoms with Crippen molar-refractivity contribution in [1.29, 1.82) is 5.26 Å². The van der Waals surface area contributed by atoms with Crippen LogP contribution in [0.15, 0.2) is 36.5 Å². The van der Waals surface area contributed by atoms with Crippen LogP contribution in [-0.2, 0) is 4.79 Å². The van der Waals surface area contributed by atoms with E-state index in [9.17, 15) is 19.2 Å². The third kappa shape index (κ3) is 3.82. The SMILES string of the molecule is Cc1cc(N2C(=O)C3(CCC3)N(c3ccc(OC4CCS(O)(O)CC4)cc3)C2=S)cnc1C#N. The minimum atomic E-state index is -2.44. The number of pyridine rings is 1.